The normalized spacial score (nSPS) is 18.4. The first-order chi connectivity index (χ1) is 16.1. The van der Waals surface area contributed by atoms with E-state index in [1.165, 1.54) is 98.6 Å². The standard InChI is InChI=1S/C31H54O.C2H6/c1-22(2)16-15-18-24(5)17-13-11-10-12-14-20-31(9)21-19-28-27(8)29(23(3)4)25(6)26(7)30(28)32-31;1-2/h22-24H,10-21H2,1-9H3;1-2H3/t24-,31+;/m0./s1. The predicted octanol–water partition coefficient (Wildman–Crippen LogP) is 11.0. The summed E-state index contributed by atoms with van der Waals surface area (Å²) < 4.78 is 6.76. The van der Waals surface area contributed by atoms with Crippen molar-refractivity contribution in [2.75, 3.05) is 0 Å². The SMILES string of the molecule is CC.Cc1c(C)c(C(C)C)c(C)c2c1O[C@](C)(CCCCCCC[C@H](C)CCCC(C)C)CC2. The zero-order valence-corrected chi connectivity index (χ0v) is 25.1. The molecule has 1 heteroatoms. The molecule has 0 spiro atoms. The molecular formula is C33H60O. The van der Waals surface area contributed by atoms with Crippen molar-refractivity contribution in [3.8, 4) is 5.75 Å². The summed E-state index contributed by atoms with van der Waals surface area (Å²) >= 11 is 0. The Bertz CT molecular complexity index is 714. The van der Waals surface area contributed by atoms with Crippen molar-refractivity contribution in [1.82, 2.24) is 0 Å². The first kappa shape index (κ1) is 31.1. The zero-order chi connectivity index (χ0) is 25.9. The van der Waals surface area contributed by atoms with E-state index in [1.54, 1.807) is 5.56 Å². The van der Waals surface area contributed by atoms with Gasteiger partial charge < -0.3 is 4.74 Å². The van der Waals surface area contributed by atoms with E-state index in [1.807, 2.05) is 13.8 Å². The molecule has 0 aromatic heterocycles. The van der Waals surface area contributed by atoms with Crippen molar-refractivity contribution in [3.05, 3.63) is 27.8 Å². The fourth-order valence-electron chi connectivity index (χ4n) is 5.92. The number of hydrogen-bond acceptors (Lipinski definition) is 1. The summed E-state index contributed by atoms with van der Waals surface area (Å²) in [5, 5.41) is 0. The van der Waals surface area contributed by atoms with Gasteiger partial charge in [0.05, 0.1) is 0 Å². The van der Waals surface area contributed by atoms with Crippen LogP contribution in [0.4, 0.5) is 0 Å². The van der Waals surface area contributed by atoms with Crippen LogP contribution >= 0.6 is 0 Å². The Kier molecular flexibility index (Phi) is 13.9. The smallest absolute Gasteiger partial charge is 0.126 e. The lowest BCUT2D eigenvalue weighted by Gasteiger charge is -2.39. The average Bonchev–Trinajstić information content (AvgIpc) is 2.77. The average molecular weight is 473 g/mol. The fourth-order valence-corrected chi connectivity index (χ4v) is 5.92. The summed E-state index contributed by atoms with van der Waals surface area (Å²) in [5.74, 6) is 3.56. The maximum atomic E-state index is 6.76. The van der Waals surface area contributed by atoms with Gasteiger partial charge in [-0.25, -0.2) is 0 Å². The van der Waals surface area contributed by atoms with Crippen molar-refractivity contribution >= 4 is 0 Å². The second kappa shape index (κ2) is 15.2. The molecule has 2 rings (SSSR count). The largest absolute Gasteiger partial charge is 0.487 e. The molecule has 0 fully saturated rings. The number of ether oxygens (including phenoxy) is 1. The van der Waals surface area contributed by atoms with E-state index in [0.29, 0.717) is 5.92 Å². The molecular weight excluding hydrogens is 412 g/mol. The maximum Gasteiger partial charge on any atom is 0.126 e. The fraction of sp³-hybridized carbons (Fsp3) is 0.818. The van der Waals surface area contributed by atoms with Gasteiger partial charge in [-0.3, -0.25) is 0 Å². The predicted molar refractivity (Wildman–Crippen MR) is 154 cm³/mol. The van der Waals surface area contributed by atoms with E-state index in [-0.39, 0.29) is 5.60 Å². The van der Waals surface area contributed by atoms with Gasteiger partial charge >= 0.3 is 0 Å². The van der Waals surface area contributed by atoms with E-state index in [0.717, 1.165) is 18.3 Å². The molecule has 1 aliphatic heterocycles. The Morgan fingerprint density at radius 3 is 1.94 bits per heavy atom. The van der Waals surface area contributed by atoms with Crippen molar-refractivity contribution < 1.29 is 4.74 Å². The van der Waals surface area contributed by atoms with Gasteiger partial charge in [-0.1, -0.05) is 99.8 Å². The number of benzene rings is 1. The van der Waals surface area contributed by atoms with Crippen LogP contribution in [0.3, 0.4) is 0 Å². The van der Waals surface area contributed by atoms with Crippen molar-refractivity contribution in [2.24, 2.45) is 11.8 Å². The summed E-state index contributed by atoms with van der Waals surface area (Å²) in [6, 6.07) is 0. The third kappa shape index (κ3) is 9.23. The van der Waals surface area contributed by atoms with Gasteiger partial charge in [0.2, 0.25) is 0 Å². The van der Waals surface area contributed by atoms with E-state index >= 15 is 0 Å². The van der Waals surface area contributed by atoms with Crippen LogP contribution in [0.5, 0.6) is 5.75 Å². The van der Waals surface area contributed by atoms with Gasteiger partial charge in [0.25, 0.3) is 0 Å². The third-order valence-corrected chi connectivity index (χ3v) is 8.15. The van der Waals surface area contributed by atoms with Crippen LogP contribution in [0.1, 0.15) is 160 Å². The second-order valence-electron chi connectivity index (χ2n) is 12.0. The lowest BCUT2D eigenvalue weighted by Crippen LogP contribution is -2.37. The zero-order valence-electron chi connectivity index (χ0n) is 25.1. The highest BCUT2D eigenvalue weighted by molar-refractivity contribution is 5.56. The number of rotatable bonds is 13. The monoisotopic (exact) mass is 472 g/mol. The van der Waals surface area contributed by atoms with Gasteiger partial charge in [-0.05, 0) is 98.9 Å². The number of unbranched alkanes of at least 4 members (excludes halogenated alkanes) is 4. The van der Waals surface area contributed by atoms with Gasteiger partial charge in [0.1, 0.15) is 11.4 Å². The highest BCUT2D eigenvalue weighted by atomic mass is 16.5. The molecule has 1 aromatic carbocycles. The molecule has 34 heavy (non-hydrogen) atoms. The van der Waals surface area contributed by atoms with Crippen LogP contribution in [0.2, 0.25) is 0 Å². The van der Waals surface area contributed by atoms with Crippen LogP contribution in [-0.2, 0) is 6.42 Å². The lowest BCUT2D eigenvalue weighted by atomic mass is 9.81. The second-order valence-corrected chi connectivity index (χ2v) is 12.0. The van der Waals surface area contributed by atoms with E-state index < -0.39 is 0 Å². The van der Waals surface area contributed by atoms with Gasteiger partial charge in [0.15, 0.2) is 0 Å². The van der Waals surface area contributed by atoms with Gasteiger partial charge in [-0.15, -0.1) is 0 Å². The first-order valence-corrected chi connectivity index (χ1v) is 14.9. The minimum atomic E-state index is 0.0148. The van der Waals surface area contributed by atoms with E-state index in [4.69, 9.17) is 4.74 Å². The van der Waals surface area contributed by atoms with Gasteiger partial charge in [0, 0.05) is 0 Å². The van der Waals surface area contributed by atoms with Crippen molar-refractivity contribution in [1.29, 1.82) is 0 Å². The Morgan fingerprint density at radius 1 is 0.735 bits per heavy atom. The Balaban J connectivity index is 0.00000281. The molecule has 0 saturated heterocycles. The Hall–Kier alpha value is -0.980. The molecule has 1 nitrogen and oxygen atoms in total. The van der Waals surface area contributed by atoms with Crippen LogP contribution in [0, 0.1) is 32.6 Å². The van der Waals surface area contributed by atoms with E-state index in [9.17, 15) is 0 Å². The molecule has 2 atom stereocenters. The van der Waals surface area contributed by atoms with Gasteiger partial charge in [-0.2, -0.15) is 0 Å². The molecule has 0 saturated carbocycles. The summed E-state index contributed by atoms with van der Waals surface area (Å²) in [7, 11) is 0. The molecule has 0 N–H and O–H groups in total. The highest BCUT2D eigenvalue weighted by Crippen LogP contribution is 2.44. The lowest BCUT2D eigenvalue weighted by molar-refractivity contribution is 0.0523. The molecule has 198 valence electrons. The maximum absolute atomic E-state index is 6.76. The van der Waals surface area contributed by atoms with Crippen LogP contribution in [0.25, 0.3) is 0 Å². The topological polar surface area (TPSA) is 9.23 Å². The first-order valence-electron chi connectivity index (χ1n) is 14.9. The molecule has 1 aromatic rings. The number of hydrogen-bond donors (Lipinski definition) is 0. The highest BCUT2D eigenvalue weighted by Gasteiger charge is 2.34. The molecule has 0 aliphatic carbocycles. The Morgan fingerprint density at radius 2 is 1.32 bits per heavy atom. The van der Waals surface area contributed by atoms with Crippen LogP contribution in [0.15, 0.2) is 0 Å². The summed E-state index contributed by atoms with van der Waals surface area (Å²) in [6.07, 6.45) is 16.1. The third-order valence-electron chi connectivity index (χ3n) is 8.15. The Labute approximate surface area is 214 Å². The van der Waals surface area contributed by atoms with Crippen LogP contribution in [-0.4, -0.2) is 5.60 Å². The quantitative estimate of drug-likeness (QED) is 0.259. The molecule has 1 heterocycles. The summed E-state index contributed by atoms with van der Waals surface area (Å²) in [4.78, 5) is 0. The molecule has 1 aliphatic rings. The molecule has 0 radical (unpaired) electrons. The molecule has 0 amide bonds. The van der Waals surface area contributed by atoms with Crippen LogP contribution < -0.4 is 4.74 Å². The number of fused-ring (bicyclic) bond motifs is 1. The van der Waals surface area contributed by atoms with Crippen molar-refractivity contribution in [2.45, 2.75) is 165 Å². The summed E-state index contributed by atoms with van der Waals surface area (Å²) in [5.41, 5.74) is 7.35. The van der Waals surface area contributed by atoms with E-state index in [2.05, 4.69) is 62.3 Å². The molecule has 0 unspecified atom stereocenters. The van der Waals surface area contributed by atoms with Crippen molar-refractivity contribution in [3.63, 3.8) is 0 Å². The minimum Gasteiger partial charge on any atom is -0.487 e. The summed E-state index contributed by atoms with van der Waals surface area (Å²) in [6.45, 7) is 25.0. The molecule has 0 bridgehead atoms. The minimum absolute atomic E-state index is 0.0148.